The average Bonchev–Trinajstić information content (AvgIpc) is 2.36. The van der Waals surface area contributed by atoms with Crippen LogP contribution >= 0.6 is 0 Å². The smallest absolute Gasteiger partial charge is 0.0655 e. The maximum Gasteiger partial charge on any atom is 0.0655 e. The zero-order chi connectivity index (χ0) is 7.40. The standard InChI is InChI=1S/C8H12N2/c1-2-4-7-5-3-6-8(7)10-9/h2,4,9H,3,5-6H2,1H3/b4-2-,10-9?. The summed E-state index contributed by atoms with van der Waals surface area (Å²) in [5.41, 5.74) is 9.06. The molecule has 0 heterocycles. The first-order valence-corrected chi connectivity index (χ1v) is 3.60. The lowest BCUT2D eigenvalue weighted by molar-refractivity contribution is 0.874. The van der Waals surface area contributed by atoms with E-state index in [1.807, 2.05) is 13.0 Å². The van der Waals surface area contributed by atoms with Crippen LogP contribution in [-0.2, 0) is 0 Å². The molecule has 0 amide bonds. The number of hydrogen-bond acceptors (Lipinski definition) is 2. The minimum atomic E-state index is 0.970. The van der Waals surface area contributed by atoms with Crippen molar-refractivity contribution < 1.29 is 0 Å². The van der Waals surface area contributed by atoms with Gasteiger partial charge in [0.2, 0.25) is 0 Å². The Kier molecular flexibility index (Phi) is 2.37. The molecule has 0 saturated carbocycles. The first-order chi connectivity index (χ1) is 4.88. The van der Waals surface area contributed by atoms with Gasteiger partial charge in [-0.25, -0.2) is 5.53 Å². The summed E-state index contributed by atoms with van der Waals surface area (Å²) in [6.07, 6.45) is 7.31. The molecule has 10 heavy (non-hydrogen) atoms. The van der Waals surface area contributed by atoms with Crippen molar-refractivity contribution in [1.29, 1.82) is 5.53 Å². The molecule has 0 aromatic carbocycles. The maximum atomic E-state index is 6.84. The molecule has 0 unspecified atom stereocenters. The quantitative estimate of drug-likeness (QED) is 0.566. The van der Waals surface area contributed by atoms with Crippen molar-refractivity contribution >= 4 is 0 Å². The highest BCUT2D eigenvalue weighted by atomic mass is 15.0. The lowest BCUT2D eigenvalue weighted by atomic mass is 10.2. The number of rotatable bonds is 2. The van der Waals surface area contributed by atoms with Crippen LogP contribution in [-0.4, -0.2) is 0 Å². The van der Waals surface area contributed by atoms with E-state index in [4.69, 9.17) is 5.53 Å². The topological polar surface area (TPSA) is 36.2 Å². The SMILES string of the molecule is C/C=C\C1=C(N=N)CCC1. The van der Waals surface area contributed by atoms with Crippen molar-refractivity contribution in [1.82, 2.24) is 0 Å². The van der Waals surface area contributed by atoms with Crippen molar-refractivity contribution in [3.05, 3.63) is 23.4 Å². The molecule has 0 aromatic rings. The van der Waals surface area contributed by atoms with Crippen LogP contribution in [0.25, 0.3) is 0 Å². The van der Waals surface area contributed by atoms with E-state index in [2.05, 4.69) is 11.2 Å². The van der Waals surface area contributed by atoms with E-state index in [9.17, 15) is 0 Å². The van der Waals surface area contributed by atoms with Gasteiger partial charge in [0.25, 0.3) is 0 Å². The molecule has 54 valence electrons. The molecule has 1 aliphatic carbocycles. The zero-order valence-corrected chi connectivity index (χ0v) is 6.22. The molecule has 0 fully saturated rings. The predicted molar refractivity (Wildman–Crippen MR) is 40.8 cm³/mol. The minimum Gasteiger partial charge on any atom is -0.205 e. The van der Waals surface area contributed by atoms with Gasteiger partial charge in [-0.1, -0.05) is 12.2 Å². The highest BCUT2D eigenvalue weighted by molar-refractivity contribution is 5.27. The third kappa shape index (κ3) is 1.32. The Morgan fingerprint density at radius 1 is 1.50 bits per heavy atom. The summed E-state index contributed by atoms with van der Waals surface area (Å²) < 4.78 is 0. The third-order valence-electron chi connectivity index (χ3n) is 1.73. The van der Waals surface area contributed by atoms with Gasteiger partial charge >= 0.3 is 0 Å². The van der Waals surface area contributed by atoms with Crippen LogP contribution in [0, 0.1) is 5.53 Å². The molecular weight excluding hydrogens is 124 g/mol. The van der Waals surface area contributed by atoms with E-state index in [1.54, 1.807) is 0 Å². The Bertz CT molecular complexity index is 189. The summed E-state index contributed by atoms with van der Waals surface area (Å²) in [5, 5.41) is 3.47. The summed E-state index contributed by atoms with van der Waals surface area (Å²) in [6.45, 7) is 1.99. The van der Waals surface area contributed by atoms with Crippen molar-refractivity contribution in [2.24, 2.45) is 5.11 Å². The van der Waals surface area contributed by atoms with Gasteiger partial charge < -0.3 is 0 Å². The van der Waals surface area contributed by atoms with Gasteiger partial charge in [0, 0.05) is 0 Å². The summed E-state index contributed by atoms with van der Waals surface area (Å²) in [4.78, 5) is 0. The molecule has 0 aromatic heterocycles. The molecule has 0 radical (unpaired) electrons. The van der Waals surface area contributed by atoms with E-state index in [-0.39, 0.29) is 0 Å². The van der Waals surface area contributed by atoms with Crippen LogP contribution in [0.4, 0.5) is 0 Å². The molecule has 0 bridgehead atoms. The molecule has 1 N–H and O–H groups in total. The second-order valence-electron chi connectivity index (χ2n) is 2.44. The van der Waals surface area contributed by atoms with Crippen molar-refractivity contribution in [2.75, 3.05) is 0 Å². The molecule has 2 nitrogen and oxygen atoms in total. The summed E-state index contributed by atoms with van der Waals surface area (Å²) in [7, 11) is 0. The molecule has 0 aliphatic heterocycles. The van der Waals surface area contributed by atoms with Crippen molar-refractivity contribution in [2.45, 2.75) is 26.2 Å². The predicted octanol–water partition coefficient (Wildman–Crippen LogP) is 3.03. The van der Waals surface area contributed by atoms with Crippen LogP contribution in [0.1, 0.15) is 26.2 Å². The second kappa shape index (κ2) is 3.30. The minimum absolute atomic E-state index is 0.970. The van der Waals surface area contributed by atoms with E-state index in [1.165, 1.54) is 5.57 Å². The van der Waals surface area contributed by atoms with Crippen LogP contribution in [0.15, 0.2) is 28.5 Å². The Morgan fingerprint density at radius 3 is 2.90 bits per heavy atom. The second-order valence-corrected chi connectivity index (χ2v) is 2.44. The molecule has 2 heteroatoms. The van der Waals surface area contributed by atoms with Crippen molar-refractivity contribution in [3.63, 3.8) is 0 Å². The van der Waals surface area contributed by atoms with Crippen LogP contribution < -0.4 is 0 Å². The number of nitrogens with one attached hydrogen (secondary N) is 1. The zero-order valence-electron chi connectivity index (χ0n) is 6.22. The maximum absolute atomic E-state index is 6.84. The highest BCUT2D eigenvalue weighted by Crippen LogP contribution is 2.27. The van der Waals surface area contributed by atoms with Crippen molar-refractivity contribution in [3.8, 4) is 0 Å². The van der Waals surface area contributed by atoms with Crippen LogP contribution in [0.5, 0.6) is 0 Å². The van der Waals surface area contributed by atoms with Crippen LogP contribution in [0.3, 0.4) is 0 Å². The summed E-state index contributed by atoms with van der Waals surface area (Å²) in [5.74, 6) is 0. The van der Waals surface area contributed by atoms with E-state index in [0.717, 1.165) is 25.0 Å². The van der Waals surface area contributed by atoms with Crippen LogP contribution in [0.2, 0.25) is 0 Å². The Hall–Kier alpha value is -0.920. The summed E-state index contributed by atoms with van der Waals surface area (Å²) in [6, 6.07) is 0. The fourth-order valence-corrected chi connectivity index (χ4v) is 1.26. The fraction of sp³-hybridized carbons (Fsp3) is 0.500. The van der Waals surface area contributed by atoms with Gasteiger partial charge in [-0.05, 0) is 31.8 Å². The molecule has 0 atom stereocenters. The van der Waals surface area contributed by atoms with Gasteiger partial charge in [-0.15, -0.1) is 0 Å². The molecule has 1 rings (SSSR count). The first kappa shape index (κ1) is 7.19. The lowest BCUT2D eigenvalue weighted by Crippen LogP contribution is -1.72. The molecule has 0 saturated heterocycles. The number of nitrogens with zero attached hydrogens (tertiary/aromatic N) is 1. The highest BCUT2D eigenvalue weighted by Gasteiger charge is 2.10. The lowest BCUT2D eigenvalue weighted by Gasteiger charge is -1.91. The van der Waals surface area contributed by atoms with E-state index >= 15 is 0 Å². The van der Waals surface area contributed by atoms with E-state index < -0.39 is 0 Å². The summed E-state index contributed by atoms with van der Waals surface area (Å²) >= 11 is 0. The fourth-order valence-electron chi connectivity index (χ4n) is 1.26. The third-order valence-corrected chi connectivity index (χ3v) is 1.73. The van der Waals surface area contributed by atoms with Gasteiger partial charge in [-0.2, -0.15) is 5.11 Å². The first-order valence-electron chi connectivity index (χ1n) is 3.60. The van der Waals surface area contributed by atoms with Gasteiger partial charge in [0.05, 0.1) is 5.70 Å². The molecule has 1 aliphatic rings. The Morgan fingerprint density at radius 2 is 2.30 bits per heavy atom. The monoisotopic (exact) mass is 136 g/mol. The molecule has 0 spiro atoms. The van der Waals surface area contributed by atoms with Gasteiger partial charge in [-0.3, -0.25) is 0 Å². The van der Waals surface area contributed by atoms with Gasteiger partial charge in [0.1, 0.15) is 0 Å². The normalized spacial score (nSPS) is 18.9. The largest absolute Gasteiger partial charge is 0.205 e. The Balaban J connectivity index is 2.77. The van der Waals surface area contributed by atoms with Gasteiger partial charge in [0.15, 0.2) is 0 Å². The number of allylic oxidation sites excluding steroid dienone is 4. The Labute approximate surface area is 61.1 Å². The van der Waals surface area contributed by atoms with E-state index in [0.29, 0.717) is 0 Å². The molecular formula is C8H12N2. The number of hydrogen-bond donors (Lipinski definition) is 1. The average molecular weight is 136 g/mol.